The van der Waals surface area contributed by atoms with Crippen molar-refractivity contribution < 1.29 is 19.7 Å². The number of aliphatic hydroxyl groups excluding tert-OH is 1. The van der Waals surface area contributed by atoms with Crippen LogP contribution >= 0.6 is 0 Å². The largest absolute Gasteiger partial charge is 0.504 e. The number of nitrogens with zero attached hydrogens (tertiary/aromatic N) is 2. The number of aliphatic imine (C=N–C) groups is 1. The van der Waals surface area contributed by atoms with Crippen LogP contribution in [0.25, 0.3) is 0 Å². The van der Waals surface area contributed by atoms with Crippen molar-refractivity contribution in [1.82, 2.24) is 4.90 Å². The summed E-state index contributed by atoms with van der Waals surface area (Å²) in [7, 11) is 0. The number of rotatable bonds is 12. The van der Waals surface area contributed by atoms with Crippen LogP contribution in [0.15, 0.2) is 47.2 Å². The van der Waals surface area contributed by atoms with Crippen molar-refractivity contribution in [2.24, 2.45) is 10.4 Å². The van der Waals surface area contributed by atoms with Gasteiger partial charge in [0.2, 0.25) is 0 Å². The molecule has 0 bridgehead atoms. The summed E-state index contributed by atoms with van der Waals surface area (Å²) < 4.78 is 5.82. The third-order valence-corrected chi connectivity index (χ3v) is 7.19. The van der Waals surface area contributed by atoms with E-state index in [0.29, 0.717) is 43.7 Å². The average Bonchev–Trinajstić information content (AvgIpc) is 3.49. The molecule has 6 heteroatoms. The summed E-state index contributed by atoms with van der Waals surface area (Å²) in [6.45, 7) is 3.36. The molecule has 2 heterocycles. The summed E-state index contributed by atoms with van der Waals surface area (Å²) in [5, 5.41) is 20.4. The van der Waals surface area contributed by atoms with E-state index in [1.807, 2.05) is 23.2 Å². The first kappa shape index (κ1) is 23.6. The van der Waals surface area contributed by atoms with Crippen molar-refractivity contribution in [2.75, 3.05) is 13.3 Å². The monoisotopic (exact) mass is 452 g/mol. The lowest BCUT2D eigenvalue weighted by atomic mass is 9.83. The molecule has 6 nitrogen and oxygen atoms in total. The van der Waals surface area contributed by atoms with Crippen LogP contribution in [0, 0.1) is 5.41 Å². The Balaban J connectivity index is 1.18. The molecule has 0 radical (unpaired) electrons. The van der Waals surface area contributed by atoms with E-state index in [0.717, 1.165) is 29.7 Å². The van der Waals surface area contributed by atoms with Crippen molar-refractivity contribution in [3.63, 3.8) is 0 Å². The minimum absolute atomic E-state index is 0.0779. The van der Waals surface area contributed by atoms with Crippen molar-refractivity contribution in [3.8, 4) is 11.5 Å². The average molecular weight is 453 g/mol. The number of aromatic hydroxyl groups is 1. The molecule has 0 spiro atoms. The molecule has 4 rings (SSSR count). The van der Waals surface area contributed by atoms with E-state index in [-0.39, 0.29) is 18.0 Å². The zero-order valence-corrected chi connectivity index (χ0v) is 19.6. The second kappa shape index (κ2) is 10.6. The Hall–Kier alpha value is -2.60. The number of phenols is 1. The number of ether oxygens (including phenoxy) is 1. The number of benzene rings is 1. The Morgan fingerprint density at radius 1 is 1.30 bits per heavy atom. The fourth-order valence-corrected chi connectivity index (χ4v) is 5.12. The fraction of sp³-hybridized carbons (Fsp3) is 0.556. The van der Waals surface area contributed by atoms with Gasteiger partial charge in [-0.2, -0.15) is 0 Å². The molecular formula is C27H36N2O4. The van der Waals surface area contributed by atoms with Gasteiger partial charge in [0, 0.05) is 30.8 Å². The summed E-state index contributed by atoms with van der Waals surface area (Å²) in [5.41, 5.74) is 3.51. The third kappa shape index (κ3) is 6.47. The normalized spacial score (nSPS) is 19.4. The zero-order chi connectivity index (χ0) is 23.3. The van der Waals surface area contributed by atoms with Gasteiger partial charge in [-0.05, 0) is 61.3 Å². The Labute approximate surface area is 196 Å². The predicted octanol–water partition coefficient (Wildman–Crippen LogP) is 4.90. The summed E-state index contributed by atoms with van der Waals surface area (Å²) >= 11 is 0. The number of carbonyl (C=O) groups is 1. The van der Waals surface area contributed by atoms with E-state index >= 15 is 0 Å². The number of aryl methyl sites for hydroxylation is 1. The lowest BCUT2D eigenvalue weighted by Gasteiger charge is -2.23. The number of aliphatic hydroxyl groups is 1. The van der Waals surface area contributed by atoms with Gasteiger partial charge in [-0.15, -0.1) is 0 Å². The second-order valence-corrected chi connectivity index (χ2v) is 10.1. The SMILES string of the molecule is CC1(CCCC(O)CC(=O)CCc2ccc(O)c(OCN3C=C4C=CN=C4C3)c2)CCCC1. The summed E-state index contributed by atoms with van der Waals surface area (Å²) in [6, 6.07) is 5.22. The van der Waals surface area contributed by atoms with Gasteiger partial charge in [0.05, 0.1) is 18.4 Å². The van der Waals surface area contributed by atoms with Crippen molar-refractivity contribution >= 4 is 11.5 Å². The molecule has 0 saturated heterocycles. The molecule has 2 aliphatic heterocycles. The maximum absolute atomic E-state index is 12.4. The van der Waals surface area contributed by atoms with E-state index in [4.69, 9.17) is 4.74 Å². The van der Waals surface area contributed by atoms with E-state index in [9.17, 15) is 15.0 Å². The summed E-state index contributed by atoms with van der Waals surface area (Å²) in [4.78, 5) is 18.7. The molecule has 33 heavy (non-hydrogen) atoms. The molecule has 1 aromatic carbocycles. The Morgan fingerprint density at radius 2 is 2.12 bits per heavy atom. The quantitative estimate of drug-likeness (QED) is 0.471. The van der Waals surface area contributed by atoms with Crippen LogP contribution in [0.4, 0.5) is 0 Å². The predicted molar refractivity (Wildman–Crippen MR) is 129 cm³/mol. The molecule has 2 N–H and O–H groups in total. The molecule has 1 aromatic rings. The standard InChI is InChI=1S/C27H36N2O4/c1-27(11-2-3-12-27)13-4-5-22(30)16-23(31)8-6-20-7-9-25(32)26(15-20)33-19-29-17-21-10-14-28-24(21)18-29/h7,9-10,14-15,17,22,30,32H,2-6,8,11-13,16,18-19H2,1H3. The lowest BCUT2D eigenvalue weighted by Crippen LogP contribution is -2.23. The van der Waals surface area contributed by atoms with Gasteiger partial charge in [-0.3, -0.25) is 9.79 Å². The zero-order valence-electron chi connectivity index (χ0n) is 19.6. The maximum Gasteiger partial charge on any atom is 0.163 e. The number of hydrogen-bond donors (Lipinski definition) is 2. The number of hydrogen-bond acceptors (Lipinski definition) is 6. The number of fused-ring (bicyclic) bond motifs is 1. The molecule has 0 aromatic heterocycles. The van der Waals surface area contributed by atoms with E-state index in [2.05, 4.69) is 11.9 Å². The third-order valence-electron chi connectivity index (χ3n) is 7.19. The second-order valence-electron chi connectivity index (χ2n) is 10.1. The number of Topliss-reactive ketones (excluding diaryl/α,β-unsaturated/α-hetero) is 1. The number of carbonyl (C=O) groups excluding carboxylic acids is 1. The highest BCUT2D eigenvalue weighted by Crippen LogP contribution is 2.41. The summed E-state index contributed by atoms with van der Waals surface area (Å²) in [5.74, 6) is 0.572. The van der Waals surface area contributed by atoms with Gasteiger partial charge in [0.15, 0.2) is 18.2 Å². The van der Waals surface area contributed by atoms with Gasteiger partial charge in [-0.25, -0.2) is 0 Å². The van der Waals surface area contributed by atoms with Crippen LogP contribution in [0.2, 0.25) is 0 Å². The van der Waals surface area contributed by atoms with E-state index in [1.165, 1.54) is 25.7 Å². The van der Waals surface area contributed by atoms with Crippen molar-refractivity contribution in [1.29, 1.82) is 0 Å². The number of allylic oxidation sites excluding steroid dienone is 1. The molecule has 1 saturated carbocycles. The first-order valence-electron chi connectivity index (χ1n) is 12.2. The number of phenolic OH excluding ortho intramolecular Hbond substituents is 1. The molecule has 3 aliphatic rings. The maximum atomic E-state index is 12.4. The Kier molecular flexibility index (Phi) is 7.53. The van der Waals surface area contributed by atoms with Gasteiger partial charge >= 0.3 is 0 Å². The molecule has 1 fully saturated rings. The lowest BCUT2D eigenvalue weighted by molar-refractivity contribution is -0.121. The minimum Gasteiger partial charge on any atom is -0.504 e. The van der Waals surface area contributed by atoms with Crippen LogP contribution in [-0.2, 0) is 11.2 Å². The first-order chi connectivity index (χ1) is 15.9. The van der Waals surface area contributed by atoms with Gasteiger partial charge in [0.25, 0.3) is 0 Å². The fourth-order valence-electron chi connectivity index (χ4n) is 5.12. The van der Waals surface area contributed by atoms with E-state index < -0.39 is 6.10 Å². The molecule has 178 valence electrons. The smallest absolute Gasteiger partial charge is 0.163 e. The van der Waals surface area contributed by atoms with Gasteiger partial charge in [-0.1, -0.05) is 32.3 Å². The van der Waals surface area contributed by atoms with Crippen molar-refractivity contribution in [3.05, 3.63) is 47.8 Å². The molecule has 1 unspecified atom stereocenters. The minimum atomic E-state index is -0.547. The van der Waals surface area contributed by atoms with Crippen LogP contribution in [0.5, 0.6) is 11.5 Å². The van der Waals surface area contributed by atoms with Crippen LogP contribution in [-0.4, -0.2) is 46.0 Å². The highest BCUT2D eigenvalue weighted by atomic mass is 16.5. The Morgan fingerprint density at radius 3 is 2.91 bits per heavy atom. The molecular weight excluding hydrogens is 416 g/mol. The topological polar surface area (TPSA) is 82.4 Å². The van der Waals surface area contributed by atoms with Gasteiger partial charge in [0.1, 0.15) is 5.78 Å². The highest BCUT2D eigenvalue weighted by molar-refractivity contribution is 6.07. The van der Waals surface area contributed by atoms with E-state index in [1.54, 1.807) is 18.3 Å². The van der Waals surface area contributed by atoms with Crippen molar-refractivity contribution in [2.45, 2.75) is 77.2 Å². The van der Waals surface area contributed by atoms with Crippen LogP contribution in [0.3, 0.4) is 0 Å². The number of ketones is 1. The van der Waals surface area contributed by atoms with Crippen LogP contribution in [0.1, 0.15) is 70.3 Å². The van der Waals surface area contributed by atoms with Gasteiger partial charge < -0.3 is 19.8 Å². The van der Waals surface area contributed by atoms with Crippen LogP contribution < -0.4 is 4.74 Å². The highest BCUT2D eigenvalue weighted by Gasteiger charge is 2.28. The molecule has 1 aliphatic carbocycles. The summed E-state index contributed by atoms with van der Waals surface area (Å²) in [6.07, 6.45) is 14.5. The molecule has 0 amide bonds. The molecule has 1 atom stereocenters. The Bertz CT molecular complexity index is 943. The first-order valence-corrected chi connectivity index (χ1v) is 12.2.